The second kappa shape index (κ2) is 9.80. The Morgan fingerprint density at radius 2 is 1.85 bits per heavy atom. The van der Waals surface area contributed by atoms with Crippen molar-refractivity contribution < 1.29 is 23.9 Å². The number of rotatable bonds is 7. The maximum absolute atomic E-state index is 12.0. The highest BCUT2D eigenvalue weighted by Crippen LogP contribution is 2.20. The molecule has 0 saturated carbocycles. The molecule has 0 atom stereocenters. The van der Waals surface area contributed by atoms with Gasteiger partial charge in [0.1, 0.15) is 12.3 Å². The van der Waals surface area contributed by atoms with Gasteiger partial charge in [0.05, 0.1) is 17.7 Å². The molecule has 2 amide bonds. The maximum atomic E-state index is 12.0. The molecule has 0 aromatic heterocycles. The average molecular weight is 411 g/mol. The number of ether oxygens (including phenoxy) is 2. The second-order valence-electron chi connectivity index (χ2n) is 5.25. The van der Waals surface area contributed by atoms with Crippen LogP contribution in [0.1, 0.15) is 10.4 Å². The van der Waals surface area contributed by atoms with Crippen molar-refractivity contribution in [2.45, 2.75) is 0 Å². The van der Waals surface area contributed by atoms with Gasteiger partial charge in [-0.15, -0.1) is 0 Å². The number of halogens is 2. The Balaban J connectivity index is 1.76. The first-order valence-electron chi connectivity index (χ1n) is 7.72. The van der Waals surface area contributed by atoms with Crippen LogP contribution in [-0.2, 0) is 14.3 Å². The van der Waals surface area contributed by atoms with Crippen molar-refractivity contribution in [1.29, 1.82) is 0 Å². The van der Waals surface area contributed by atoms with E-state index in [-0.39, 0.29) is 10.6 Å². The summed E-state index contributed by atoms with van der Waals surface area (Å²) in [6.07, 6.45) is 0. The van der Waals surface area contributed by atoms with Gasteiger partial charge in [-0.3, -0.25) is 14.4 Å². The Bertz CT molecular complexity index is 857. The van der Waals surface area contributed by atoms with E-state index in [2.05, 4.69) is 10.6 Å². The molecular formula is C18H16Cl2N2O5. The first-order chi connectivity index (χ1) is 12.9. The molecule has 0 saturated heterocycles. The largest absolute Gasteiger partial charge is 0.497 e. The van der Waals surface area contributed by atoms with Gasteiger partial charge in [0.15, 0.2) is 6.61 Å². The summed E-state index contributed by atoms with van der Waals surface area (Å²) in [5.41, 5.74) is 0.672. The summed E-state index contributed by atoms with van der Waals surface area (Å²) in [5.74, 6) is -1.28. The lowest BCUT2D eigenvalue weighted by molar-refractivity contribution is -0.146. The zero-order chi connectivity index (χ0) is 19.8. The van der Waals surface area contributed by atoms with Crippen molar-refractivity contribution in [3.63, 3.8) is 0 Å². The fourth-order valence-electron chi connectivity index (χ4n) is 2.02. The predicted octanol–water partition coefficient (Wildman–Crippen LogP) is 2.91. The van der Waals surface area contributed by atoms with Gasteiger partial charge in [-0.1, -0.05) is 29.3 Å². The fourth-order valence-corrected chi connectivity index (χ4v) is 2.51. The molecule has 142 valence electrons. The third kappa shape index (κ3) is 6.47. The van der Waals surface area contributed by atoms with E-state index < -0.39 is 30.9 Å². The van der Waals surface area contributed by atoms with E-state index in [1.807, 2.05) is 0 Å². The lowest BCUT2D eigenvalue weighted by Gasteiger charge is -2.09. The van der Waals surface area contributed by atoms with Crippen molar-refractivity contribution >= 4 is 46.7 Å². The van der Waals surface area contributed by atoms with Crippen LogP contribution in [0.25, 0.3) is 0 Å². The Hall–Kier alpha value is -2.77. The minimum Gasteiger partial charge on any atom is -0.497 e. The van der Waals surface area contributed by atoms with Crippen molar-refractivity contribution in [2.24, 2.45) is 0 Å². The quantitative estimate of drug-likeness (QED) is 0.684. The lowest BCUT2D eigenvalue weighted by Crippen LogP contribution is -2.32. The fraction of sp³-hybridized carbons (Fsp3) is 0.167. The molecule has 2 aromatic carbocycles. The topological polar surface area (TPSA) is 93.7 Å². The summed E-state index contributed by atoms with van der Waals surface area (Å²) < 4.78 is 9.86. The van der Waals surface area contributed by atoms with E-state index in [9.17, 15) is 14.4 Å². The van der Waals surface area contributed by atoms with E-state index in [4.69, 9.17) is 32.7 Å². The summed E-state index contributed by atoms with van der Waals surface area (Å²) in [6.45, 7) is -0.905. The Morgan fingerprint density at radius 1 is 1.07 bits per heavy atom. The highest BCUT2D eigenvalue weighted by Gasteiger charge is 2.13. The van der Waals surface area contributed by atoms with Crippen molar-refractivity contribution in [3.8, 4) is 5.75 Å². The van der Waals surface area contributed by atoms with Crippen molar-refractivity contribution in [2.75, 3.05) is 25.6 Å². The number of esters is 1. The van der Waals surface area contributed by atoms with E-state index >= 15 is 0 Å². The SMILES string of the molecule is COc1cccc(NC(=O)COC(=O)CNC(=O)c2ccc(Cl)cc2Cl)c1. The van der Waals surface area contributed by atoms with E-state index in [1.54, 1.807) is 24.3 Å². The molecule has 0 fully saturated rings. The summed E-state index contributed by atoms with van der Waals surface area (Å²) in [5, 5.41) is 5.47. The maximum Gasteiger partial charge on any atom is 0.325 e. The molecule has 9 heteroatoms. The molecule has 2 aromatic rings. The molecule has 0 spiro atoms. The highest BCUT2D eigenvalue weighted by molar-refractivity contribution is 6.36. The highest BCUT2D eigenvalue weighted by atomic mass is 35.5. The standard InChI is InChI=1S/C18H16Cl2N2O5/c1-26-13-4-2-3-12(8-13)22-16(23)10-27-17(24)9-21-18(25)14-6-5-11(19)7-15(14)20/h2-8H,9-10H2,1H3,(H,21,25)(H,22,23). The summed E-state index contributed by atoms with van der Waals surface area (Å²) in [7, 11) is 1.51. The Kier molecular flexibility index (Phi) is 7.45. The first-order valence-corrected chi connectivity index (χ1v) is 8.47. The molecule has 0 heterocycles. The molecule has 0 aliphatic rings. The minimum atomic E-state index is -0.769. The van der Waals surface area contributed by atoms with E-state index in [1.165, 1.54) is 25.3 Å². The van der Waals surface area contributed by atoms with Crippen molar-refractivity contribution in [1.82, 2.24) is 5.32 Å². The van der Waals surface area contributed by atoms with Gasteiger partial charge in [-0.25, -0.2) is 0 Å². The van der Waals surface area contributed by atoms with Crippen LogP contribution >= 0.6 is 23.2 Å². The summed E-state index contributed by atoms with van der Waals surface area (Å²) >= 11 is 11.7. The summed E-state index contributed by atoms with van der Waals surface area (Å²) in [4.78, 5) is 35.5. The molecule has 0 unspecified atom stereocenters. The molecule has 0 aliphatic carbocycles. The normalized spacial score (nSPS) is 10.0. The number of anilines is 1. The van der Waals surface area contributed by atoms with Crippen molar-refractivity contribution in [3.05, 3.63) is 58.1 Å². The van der Waals surface area contributed by atoms with Gasteiger partial charge in [0, 0.05) is 16.8 Å². The monoisotopic (exact) mass is 410 g/mol. The average Bonchev–Trinajstić information content (AvgIpc) is 2.64. The lowest BCUT2D eigenvalue weighted by atomic mass is 10.2. The third-order valence-corrected chi connectivity index (χ3v) is 3.83. The number of amides is 2. The molecule has 0 bridgehead atoms. The predicted molar refractivity (Wildman–Crippen MR) is 101 cm³/mol. The number of methoxy groups -OCH3 is 1. The second-order valence-corrected chi connectivity index (χ2v) is 6.09. The van der Waals surface area contributed by atoms with Gasteiger partial charge in [-0.05, 0) is 30.3 Å². The smallest absolute Gasteiger partial charge is 0.325 e. The van der Waals surface area contributed by atoms with Crippen LogP contribution in [0, 0.1) is 0 Å². The molecule has 0 radical (unpaired) electrons. The van der Waals surface area contributed by atoms with Gasteiger partial charge in [0.2, 0.25) is 0 Å². The Labute approximate surface area is 165 Å². The Morgan fingerprint density at radius 3 is 2.56 bits per heavy atom. The van der Waals surface area contributed by atoms with Gasteiger partial charge in [0.25, 0.3) is 11.8 Å². The zero-order valence-electron chi connectivity index (χ0n) is 14.3. The number of nitrogens with one attached hydrogen (secondary N) is 2. The van der Waals surface area contributed by atoms with Crippen LogP contribution < -0.4 is 15.4 Å². The van der Waals surface area contributed by atoms with Crippen LogP contribution in [0.4, 0.5) is 5.69 Å². The molecule has 7 nitrogen and oxygen atoms in total. The number of hydrogen-bond donors (Lipinski definition) is 2. The number of carbonyl (C=O) groups excluding carboxylic acids is 3. The molecule has 27 heavy (non-hydrogen) atoms. The van der Waals surface area contributed by atoms with E-state index in [0.717, 1.165) is 0 Å². The van der Waals surface area contributed by atoms with Crippen LogP contribution in [0.2, 0.25) is 10.0 Å². The number of hydrogen-bond acceptors (Lipinski definition) is 5. The van der Waals surface area contributed by atoms with Crippen LogP contribution in [0.3, 0.4) is 0 Å². The van der Waals surface area contributed by atoms with Gasteiger partial charge in [-0.2, -0.15) is 0 Å². The van der Waals surface area contributed by atoms with Crippen LogP contribution in [0.5, 0.6) is 5.75 Å². The van der Waals surface area contributed by atoms with Gasteiger partial charge >= 0.3 is 5.97 Å². The molecular weight excluding hydrogens is 395 g/mol. The van der Waals surface area contributed by atoms with E-state index in [0.29, 0.717) is 16.5 Å². The number of benzene rings is 2. The minimum absolute atomic E-state index is 0.158. The van der Waals surface area contributed by atoms with Crippen LogP contribution in [-0.4, -0.2) is 38.0 Å². The van der Waals surface area contributed by atoms with Gasteiger partial charge < -0.3 is 20.1 Å². The molecule has 0 aliphatic heterocycles. The number of carbonyl (C=O) groups is 3. The molecule has 2 rings (SSSR count). The third-order valence-electron chi connectivity index (χ3n) is 3.29. The van der Waals surface area contributed by atoms with Crippen LogP contribution in [0.15, 0.2) is 42.5 Å². The summed E-state index contributed by atoms with van der Waals surface area (Å²) in [6, 6.07) is 11.1. The zero-order valence-corrected chi connectivity index (χ0v) is 15.8. The first kappa shape index (κ1) is 20.5. The molecule has 2 N–H and O–H groups in total.